The van der Waals surface area contributed by atoms with E-state index in [2.05, 4.69) is 36.5 Å². The van der Waals surface area contributed by atoms with Gasteiger partial charge in [0.1, 0.15) is 5.75 Å². The van der Waals surface area contributed by atoms with Crippen molar-refractivity contribution in [2.75, 3.05) is 13.2 Å². The first-order valence-electron chi connectivity index (χ1n) is 8.76. The average molecular weight is 287 g/mol. The van der Waals surface area contributed by atoms with E-state index in [-0.39, 0.29) is 0 Å². The van der Waals surface area contributed by atoms with Crippen LogP contribution in [0.3, 0.4) is 0 Å². The Morgan fingerprint density at radius 2 is 1.95 bits per heavy atom. The molecule has 2 saturated carbocycles. The summed E-state index contributed by atoms with van der Waals surface area (Å²) in [6, 6.07) is 9.22. The predicted octanol–water partition coefficient (Wildman–Crippen LogP) is 4.56. The molecule has 0 aliphatic heterocycles. The molecule has 0 spiro atoms. The zero-order valence-corrected chi connectivity index (χ0v) is 13.5. The molecule has 2 heteroatoms. The Hall–Kier alpha value is -1.02. The summed E-state index contributed by atoms with van der Waals surface area (Å²) in [5.41, 5.74) is 1.42. The van der Waals surface area contributed by atoms with Crippen LogP contribution in [0.5, 0.6) is 5.75 Å². The van der Waals surface area contributed by atoms with Crippen molar-refractivity contribution in [3.63, 3.8) is 0 Å². The van der Waals surface area contributed by atoms with Crippen LogP contribution in [0.15, 0.2) is 24.3 Å². The maximum Gasteiger partial charge on any atom is 0.119 e. The highest BCUT2D eigenvalue weighted by molar-refractivity contribution is 5.29. The Balaban J connectivity index is 1.65. The van der Waals surface area contributed by atoms with E-state index in [1.54, 1.807) is 0 Å². The molecule has 2 aliphatic carbocycles. The molecule has 21 heavy (non-hydrogen) atoms. The van der Waals surface area contributed by atoms with E-state index in [0.717, 1.165) is 36.7 Å². The quantitative estimate of drug-likeness (QED) is 0.793. The average Bonchev–Trinajstić information content (AvgIpc) is 3.11. The van der Waals surface area contributed by atoms with Gasteiger partial charge in [-0.15, -0.1) is 0 Å². The van der Waals surface area contributed by atoms with Crippen molar-refractivity contribution in [3.8, 4) is 5.75 Å². The zero-order chi connectivity index (χ0) is 14.7. The highest BCUT2D eigenvalue weighted by Crippen LogP contribution is 2.50. The molecule has 0 radical (unpaired) electrons. The standard InChI is InChI=1S/C19H29NO/c1-3-20-19(13-17-12-14-5-6-16(17)11-14)15-7-9-18(10-8-15)21-4-2/h7-10,14,16-17,19-20H,3-6,11-13H2,1-2H3. The van der Waals surface area contributed by atoms with Crippen molar-refractivity contribution in [2.24, 2.45) is 17.8 Å². The second-order valence-electron chi connectivity index (χ2n) is 6.78. The van der Waals surface area contributed by atoms with Gasteiger partial charge in [0.15, 0.2) is 0 Å². The lowest BCUT2D eigenvalue weighted by molar-refractivity contribution is 0.280. The van der Waals surface area contributed by atoms with Crippen LogP contribution in [0, 0.1) is 17.8 Å². The van der Waals surface area contributed by atoms with Gasteiger partial charge in [0.2, 0.25) is 0 Å². The first kappa shape index (κ1) is 14.9. The Morgan fingerprint density at radius 3 is 2.52 bits per heavy atom. The minimum atomic E-state index is 0.509. The van der Waals surface area contributed by atoms with Crippen LogP contribution in [0.4, 0.5) is 0 Å². The van der Waals surface area contributed by atoms with Gasteiger partial charge in [-0.3, -0.25) is 0 Å². The molecule has 0 amide bonds. The highest BCUT2D eigenvalue weighted by atomic mass is 16.5. The van der Waals surface area contributed by atoms with E-state index < -0.39 is 0 Å². The monoisotopic (exact) mass is 287 g/mol. The fourth-order valence-corrected chi connectivity index (χ4v) is 4.51. The molecule has 2 bridgehead atoms. The molecule has 1 aromatic rings. The zero-order valence-electron chi connectivity index (χ0n) is 13.5. The highest BCUT2D eigenvalue weighted by Gasteiger charge is 2.40. The molecule has 1 N–H and O–H groups in total. The molecule has 0 heterocycles. The molecule has 2 aliphatic rings. The number of nitrogens with one attached hydrogen (secondary N) is 1. The summed E-state index contributed by atoms with van der Waals surface area (Å²) >= 11 is 0. The van der Waals surface area contributed by atoms with Crippen molar-refractivity contribution in [1.82, 2.24) is 5.32 Å². The van der Waals surface area contributed by atoms with Crippen LogP contribution < -0.4 is 10.1 Å². The molecule has 116 valence electrons. The van der Waals surface area contributed by atoms with Crippen molar-refractivity contribution in [3.05, 3.63) is 29.8 Å². The van der Waals surface area contributed by atoms with Gasteiger partial charge in [0.25, 0.3) is 0 Å². The molecule has 1 aromatic carbocycles. The Morgan fingerprint density at radius 1 is 1.14 bits per heavy atom. The second-order valence-corrected chi connectivity index (χ2v) is 6.78. The van der Waals surface area contributed by atoms with Gasteiger partial charge in [-0.2, -0.15) is 0 Å². The Labute approximate surface area is 129 Å². The van der Waals surface area contributed by atoms with Crippen LogP contribution in [0.2, 0.25) is 0 Å². The molecule has 2 fully saturated rings. The molecular formula is C19H29NO. The minimum Gasteiger partial charge on any atom is -0.494 e. The molecule has 2 nitrogen and oxygen atoms in total. The van der Waals surface area contributed by atoms with Crippen LogP contribution in [0.25, 0.3) is 0 Å². The normalized spacial score (nSPS) is 28.8. The van der Waals surface area contributed by atoms with Gasteiger partial charge in [0.05, 0.1) is 6.61 Å². The van der Waals surface area contributed by atoms with Gasteiger partial charge in [-0.25, -0.2) is 0 Å². The van der Waals surface area contributed by atoms with E-state index >= 15 is 0 Å². The lowest BCUT2D eigenvalue weighted by Gasteiger charge is -2.27. The van der Waals surface area contributed by atoms with Crippen molar-refractivity contribution in [1.29, 1.82) is 0 Å². The van der Waals surface area contributed by atoms with Gasteiger partial charge in [0, 0.05) is 6.04 Å². The smallest absolute Gasteiger partial charge is 0.119 e. The number of benzene rings is 1. The fraction of sp³-hybridized carbons (Fsp3) is 0.684. The van der Waals surface area contributed by atoms with Gasteiger partial charge in [-0.1, -0.05) is 25.5 Å². The molecule has 3 rings (SSSR count). The summed E-state index contributed by atoms with van der Waals surface area (Å²) < 4.78 is 5.55. The van der Waals surface area contributed by atoms with Crippen LogP contribution in [-0.4, -0.2) is 13.2 Å². The first-order valence-corrected chi connectivity index (χ1v) is 8.76. The molecule has 4 atom stereocenters. The largest absolute Gasteiger partial charge is 0.494 e. The summed E-state index contributed by atoms with van der Waals surface area (Å²) in [5, 5.41) is 3.70. The second kappa shape index (κ2) is 6.83. The summed E-state index contributed by atoms with van der Waals surface area (Å²) in [6.07, 6.45) is 7.27. The van der Waals surface area contributed by atoms with Crippen molar-refractivity contribution >= 4 is 0 Å². The summed E-state index contributed by atoms with van der Waals surface area (Å²) in [7, 11) is 0. The van der Waals surface area contributed by atoms with Gasteiger partial charge < -0.3 is 10.1 Å². The van der Waals surface area contributed by atoms with Gasteiger partial charge >= 0.3 is 0 Å². The fourth-order valence-electron chi connectivity index (χ4n) is 4.51. The summed E-state index contributed by atoms with van der Waals surface area (Å²) in [4.78, 5) is 0. The van der Waals surface area contributed by atoms with E-state index in [1.807, 2.05) is 6.92 Å². The number of hydrogen-bond acceptors (Lipinski definition) is 2. The predicted molar refractivity (Wildman–Crippen MR) is 87.6 cm³/mol. The lowest BCUT2D eigenvalue weighted by atomic mass is 9.82. The van der Waals surface area contributed by atoms with Crippen LogP contribution in [0.1, 0.15) is 57.6 Å². The Kier molecular flexibility index (Phi) is 4.84. The topological polar surface area (TPSA) is 21.3 Å². The number of fused-ring (bicyclic) bond motifs is 2. The lowest BCUT2D eigenvalue weighted by Crippen LogP contribution is -2.25. The maximum absolute atomic E-state index is 5.55. The third-order valence-electron chi connectivity index (χ3n) is 5.47. The van der Waals surface area contributed by atoms with Gasteiger partial charge in [-0.05, 0) is 74.6 Å². The van der Waals surface area contributed by atoms with E-state index in [1.165, 1.54) is 37.7 Å². The number of hydrogen-bond donors (Lipinski definition) is 1. The summed E-state index contributed by atoms with van der Waals surface area (Å²) in [6.45, 7) is 6.02. The third-order valence-corrected chi connectivity index (χ3v) is 5.47. The van der Waals surface area contributed by atoms with Crippen molar-refractivity contribution in [2.45, 2.75) is 52.0 Å². The van der Waals surface area contributed by atoms with Crippen LogP contribution >= 0.6 is 0 Å². The van der Waals surface area contributed by atoms with E-state index in [9.17, 15) is 0 Å². The van der Waals surface area contributed by atoms with Crippen molar-refractivity contribution < 1.29 is 4.74 Å². The number of rotatable bonds is 7. The molecule has 0 saturated heterocycles. The first-order chi connectivity index (χ1) is 10.3. The molecule has 0 aromatic heterocycles. The summed E-state index contributed by atoms with van der Waals surface area (Å²) in [5.74, 6) is 3.98. The molecule has 4 unspecified atom stereocenters. The molecular weight excluding hydrogens is 258 g/mol. The van der Waals surface area contributed by atoms with Crippen LogP contribution in [-0.2, 0) is 0 Å². The SMILES string of the molecule is CCNC(CC1CC2CCC1C2)c1ccc(OCC)cc1. The Bertz CT molecular complexity index is 441. The number of ether oxygens (including phenoxy) is 1. The van der Waals surface area contributed by atoms with E-state index in [4.69, 9.17) is 4.74 Å². The maximum atomic E-state index is 5.55. The minimum absolute atomic E-state index is 0.509. The van der Waals surface area contributed by atoms with E-state index in [0.29, 0.717) is 6.04 Å². The third kappa shape index (κ3) is 3.42.